The maximum Gasteiger partial charge on any atom is 0.182 e. The Bertz CT molecular complexity index is 809. The quantitative estimate of drug-likeness (QED) is 0.674. The molecule has 1 aromatic heterocycles. The van der Waals surface area contributed by atoms with Crippen molar-refractivity contribution in [3.63, 3.8) is 0 Å². The van der Waals surface area contributed by atoms with Crippen molar-refractivity contribution in [1.82, 2.24) is 9.55 Å². The Kier molecular flexibility index (Phi) is 4.22. The SMILES string of the molecule is COCc1nc2ccccc2n1CC(=O)c1ccc(Cl)cc1. The van der Waals surface area contributed by atoms with Crippen molar-refractivity contribution in [3.05, 3.63) is 64.9 Å². The highest BCUT2D eigenvalue weighted by atomic mass is 35.5. The fraction of sp³-hybridized carbons (Fsp3) is 0.176. The predicted octanol–water partition coefficient (Wildman–Crippen LogP) is 3.72. The van der Waals surface area contributed by atoms with Gasteiger partial charge in [0.15, 0.2) is 5.78 Å². The van der Waals surface area contributed by atoms with Crippen LogP contribution >= 0.6 is 11.6 Å². The van der Waals surface area contributed by atoms with E-state index in [0.717, 1.165) is 16.9 Å². The molecule has 0 unspecified atom stereocenters. The first-order valence-electron chi connectivity index (χ1n) is 6.91. The summed E-state index contributed by atoms with van der Waals surface area (Å²) in [5.41, 5.74) is 2.42. The zero-order chi connectivity index (χ0) is 15.5. The van der Waals surface area contributed by atoms with Crippen LogP contribution in [0.15, 0.2) is 48.5 Å². The molecule has 0 spiro atoms. The number of hydrogen-bond acceptors (Lipinski definition) is 3. The lowest BCUT2D eigenvalue weighted by Gasteiger charge is -2.08. The van der Waals surface area contributed by atoms with Crippen molar-refractivity contribution in [2.24, 2.45) is 0 Å². The normalized spacial score (nSPS) is 11.0. The van der Waals surface area contributed by atoms with E-state index in [1.54, 1.807) is 31.4 Å². The fourth-order valence-corrected chi connectivity index (χ4v) is 2.54. The Morgan fingerprint density at radius 2 is 1.91 bits per heavy atom. The van der Waals surface area contributed by atoms with Crippen LogP contribution in [-0.4, -0.2) is 22.4 Å². The summed E-state index contributed by atoms with van der Waals surface area (Å²) >= 11 is 5.86. The Balaban J connectivity index is 1.96. The van der Waals surface area contributed by atoms with E-state index >= 15 is 0 Å². The minimum absolute atomic E-state index is 0.0113. The number of halogens is 1. The van der Waals surface area contributed by atoms with Gasteiger partial charge < -0.3 is 9.30 Å². The van der Waals surface area contributed by atoms with Crippen molar-refractivity contribution < 1.29 is 9.53 Å². The number of methoxy groups -OCH3 is 1. The van der Waals surface area contributed by atoms with Gasteiger partial charge >= 0.3 is 0 Å². The molecule has 0 fully saturated rings. The van der Waals surface area contributed by atoms with E-state index < -0.39 is 0 Å². The first-order valence-corrected chi connectivity index (χ1v) is 7.28. The lowest BCUT2D eigenvalue weighted by atomic mass is 10.1. The van der Waals surface area contributed by atoms with Gasteiger partial charge in [-0.15, -0.1) is 0 Å². The molecule has 0 aliphatic rings. The van der Waals surface area contributed by atoms with Crippen LogP contribution in [-0.2, 0) is 17.9 Å². The van der Waals surface area contributed by atoms with Crippen LogP contribution in [0.1, 0.15) is 16.2 Å². The van der Waals surface area contributed by atoms with Crippen LogP contribution in [0.25, 0.3) is 11.0 Å². The van der Waals surface area contributed by atoms with Crippen LogP contribution in [0.3, 0.4) is 0 Å². The lowest BCUT2D eigenvalue weighted by molar-refractivity contribution is 0.0968. The van der Waals surface area contributed by atoms with Crippen LogP contribution < -0.4 is 0 Å². The van der Waals surface area contributed by atoms with Crippen LogP contribution in [0.5, 0.6) is 0 Å². The van der Waals surface area contributed by atoms with Gasteiger partial charge in [-0.2, -0.15) is 0 Å². The molecule has 0 saturated carbocycles. The summed E-state index contributed by atoms with van der Waals surface area (Å²) in [6, 6.07) is 14.7. The van der Waals surface area contributed by atoms with Crippen molar-refractivity contribution in [1.29, 1.82) is 0 Å². The fourth-order valence-electron chi connectivity index (χ4n) is 2.41. The van der Waals surface area contributed by atoms with Gasteiger partial charge in [-0.1, -0.05) is 23.7 Å². The summed E-state index contributed by atoms with van der Waals surface area (Å²) in [6.45, 7) is 0.587. The maximum atomic E-state index is 12.5. The van der Waals surface area contributed by atoms with E-state index in [1.165, 1.54) is 0 Å². The molecule has 0 aliphatic carbocycles. The summed E-state index contributed by atoms with van der Waals surface area (Å²) in [4.78, 5) is 17.0. The molecule has 0 saturated heterocycles. The molecule has 0 bridgehead atoms. The summed E-state index contributed by atoms with van der Waals surface area (Å²) in [5.74, 6) is 0.753. The number of para-hydroxylation sites is 2. The Hall–Kier alpha value is -2.17. The topological polar surface area (TPSA) is 44.1 Å². The van der Waals surface area contributed by atoms with Crippen molar-refractivity contribution in [2.75, 3.05) is 7.11 Å². The number of carbonyl (C=O) groups excluding carboxylic acids is 1. The molecule has 0 atom stereocenters. The van der Waals surface area contributed by atoms with Gasteiger partial charge in [-0.3, -0.25) is 4.79 Å². The van der Waals surface area contributed by atoms with E-state index in [4.69, 9.17) is 16.3 Å². The standard InChI is InChI=1S/C17H15ClN2O2/c1-22-11-17-19-14-4-2-3-5-15(14)20(17)10-16(21)12-6-8-13(18)9-7-12/h2-9H,10-11H2,1H3. The van der Waals surface area contributed by atoms with Crippen LogP contribution in [0.2, 0.25) is 5.02 Å². The highest BCUT2D eigenvalue weighted by Gasteiger charge is 2.14. The average molecular weight is 315 g/mol. The molecular weight excluding hydrogens is 300 g/mol. The van der Waals surface area contributed by atoms with Crippen molar-refractivity contribution in [2.45, 2.75) is 13.2 Å². The zero-order valence-corrected chi connectivity index (χ0v) is 12.9. The predicted molar refractivity (Wildman–Crippen MR) is 86.2 cm³/mol. The molecule has 3 aromatic rings. The summed E-state index contributed by atoms with van der Waals surface area (Å²) < 4.78 is 7.09. The molecule has 4 nitrogen and oxygen atoms in total. The molecule has 112 valence electrons. The minimum Gasteiger partial charge on any atom is -0.377 e. The number of fused-ring (bicyclic) bond motifs is 1. The largest absolute Gasteiger partial charge is 0.377 e. The third-order valence-corrected chi connectivity index (χ3v) is 3.73. The average Bonchev–Trinajstić information content (AvgIpc) is 2.86. The van der Waals surface area contributed by atoms with E-state index in [-0.39, 0.29) is 12.3 Å². The van der Waals surface area contributed by atoms with Gasteiger partial charge in [0.05, 0.1) is 17.6 Å². The van der Waals surface area contributed by atoms with Gasteiger partial charge in [0.25, 0.3) is 0 Å². The first-order chi connectivity index (χ1) is 10.7. The van der Waals surface area contributed by atoms with E-state index in [2.05, 4.69) is 4.98 Å². The molecular formula is C17H15ClN2O2. The smallest absolute Gasteiger partial charge is 0.182 e. The molecule has 3 rings (SSSR count). The molecule has 22 heavy (non-hydrogen) atoms. The number of imidazole rings is 1. The van der Waals surface area contributed by atoms with E-state index in [9.17, 15) is 4.79 Å². The molecule has 0 N–H and O–H groups in total. The third kappa shape index (κ3) is 2.89. The van der Waals surface area contributed by atoms with Gasteiger partial charge in [0, 0.05) is 17.7 Å². The van der Waals surface area contributed by atoms with Crippen LogP contribution in [0, 0.1) is 0 Å². The lowest BCUT2D eigenvalue weighted by Crippen LogP contribution is -2.13. The van der Waals surface area contributed by atoms with Gasteiger partial charge in [0.2, 0.25) is 0 Å². The molecule has 1 heterocycles. The van der Waals surface area contributed by atoms with Gasteiger partial charge in [-0.05, 0) is 36.4 Å². The number of nitrogens with zero attached hydrogens (tertiary/aromatic N) is 2. The molecule has 0 aliphatic heterocycles. The highest BCUT2D eigenvalue weighted by molar-refractivity contribution is 6.30. The van der Waals surface area contributed by atoms with Crippen LogP contribution in [0.4, 0.5) is 0 Å². The molecule has 0 radical (unpaired) electrons. The number of hydrogen-bond donors (Lipinski definition) is 0. The maximum absolute atomic E-state index is 12.5. The number of aromatic nitrogens is 2. The Morgan fingerprint density at radius 3 is 2.64 bits per heavy atom. The van der Waals surface area contributed by atoms with E-state index in [1.807, 2.05) is 28.8 Å². The number of ketones is 1. The number of Topliss-reactive ketones (excluding diaryl/α,β-unsaturated/α-hetero) is 1. The highest BCUT2D eigenvalue weighted by Crippen LogP contribution is 2.18. The molecule has 2 aromatic carbocycles. The minimum atomic E-state index is 0.0113. The summed E-state index contributed by atoms with van der Waals surface area (Å²) in [6.07, 6.45) is 0. The summed E-state index contributed by atoms with van der Waals surface area (Å²) in [5, 5.41) is 0.615. The second-order valence-electron chi connectivity index (χ2n) is 4.97. The second-order valence-corrected chi connectivity index (χ2v) is 5.40. The second kappa shape index (κ2) is 6.30. The Labute approximate surface area is 133 Å². The first kappa shape index (κ1) is 14.8. The third-order valence-electron chi connectivity index (χ3n) is 3.47. The number of rotatable bonds is 5. The molecule has 0 amide bonds. The van der Waals surface area contributed by atoms with Gasteiger partial charge in [-0.25, -0.2) is 4.98 Å². The van der Waals surface area contributed by atoms with Crippen molar-refractivity contribution in [3.8, 4) is 0 Å². The van der Waals surface area contributed by atoms with Crippen molar-refractivity contribution >= 4 is 28.4 Å². The summed E-state index contributed by atoms with van der Waals surface area (Å²) in [7, 11) is 1.62. The van der Waals surface area contributed by atoms with Gasteiger partial charge in [0.1, 0.15) is 12.4 Å². The number of benzene rings is 2. The van der Waals surface area contributed by atoms with E-state index in [0.29, 0.717) is 17.2 Å². The number of ether oxygens (including phenoxy) is 1. The molecule has 5 heteroatoms. The zero-order valence-electron chi connectivity index (χ0n) is 12.1. The monoisotopic (exact) mass is 314 g/mol. The number of carbonyl (C=O) groups is 1. The Morgan fingerprint density at radius 1 is 1.18 bits per heavy atom.